The van der Waals surface area contributed by atoms with E-state index in [0.717, 1.165) is 37.4 Å². The zero-order valence-electron chi connectivity index (χ0n) is 12.6. The second kappa shape index (κ2) is 6.58. The first-order chi connectivity index (χ1) is 10.8. The van der Waals surface area contributed by atoms with Gasteiger partial charge in [-0.1, -0.05) is 0 Å². The topological polar surface area (TPSA) is 75.8 Å². The molecule has 0 radical (unpaired) electrons. The molecule has 1 fully saturated rings. The summed E-state index contributed by atoms with van der Waals surface area (Å²) in [5, 5.41) is 16.5. The summed E-state index contributed by atoms with van der Waals surface area (Å²) >= 11 is 0. The van der Waals surface area contributed by atoms with Crippen molar-refractivity contribution in [3.8, 4) is 6.07 Å². The maximum absolute atomic E-state index is 8.94. The van der Waals surface area contributed by atoms with E-state index in [1.165, 1.54) is 0 Å². The SMILES string of the molecule is Cn1cc([C@@H]2OCCC[C@H]2CNc2cc(C#N)ccn2)cn1. The highest BCUT2D eigenvalue weighted by Crippen LogP contribution is 2.33. The van der Waals surface area contributed by atoms with E-state index in [1.54, 1.807) is 23.0 Å². The third-order valence-electron chi connectivity index (χ3n) is 3.93. The Kier molecular flexibility index (Phi) is 4.35. The molecule has 1 aliphatic rings. The van der Waals surface area contributed by atoms with Gasteiger partial charge in [0.25, 0.3) is 0 Å². The van der Waals surface area contributed by atoms with E-state index in [9.17, 15) is 0 Å². The maximum atomic E-state index is 8.94. The fourth-order valence-corrected chi connectivity index (χ4v) is 2.84. The van der Waals surface area contributed by atoms with Gasteiger partial charge in [-0.2, -0.15) is 10.4 Å². The van der Waals surface area contributed by atoms with Crippen LogP contribution in [0.5, 0.6) is 0 Å². The monoisotopic (exact) mass is 297 g/mol. The summed E-state index contributed by atoms with van der Waals surface area (Å²) in [5.41, 5.74) is 1.73. The Labute approximate surface area is 129 Å². The maximum Gasteiger partial charge on any atom is 0.127 e. The second-order valence-corrected chi connectivity index (χ2v) is 5.56. The van der Waals surface area contributed by atoms with Crippen molar-refractivity contribution in [2.24, 2.45) is 13.0 Å². The van der Waals surface area contributed by atoms with Gasteiger partial charge in [0, 0.05) is 44.1 Å². The van der Waals surface area contributed by atoms with Gasteiger partial charge >= 0.3 is 0 Å². The molecule has 0 saturated carbocycles. The highest BCUT2D eigenvalue weighted by molar-refractivity contribution is 5.42. The number of ether oxygens (including phenoxy) is 1. The number of anilines is 1. The van der Waals surface area contributed by atoms with Gasteiger partial charge in [-0.15, -0.1) is 0 Å². The number of nitrogens with zero attached hydrogens (tertiary/aromatic N) is 4. The molecule has 1 saturated heterocycles. The molecular weight excluding hydrogens is 278 g/mol. The fourth-order valence-electron chi connectivity index (χ4n) is 2.84. The molecule has 3 heterocycles. The summed E-state index contributed by atoms with van der Waals surface area (Å²) in [4.78, 5) is 4.25. The highest BCUT2D eigenvalue weighted by Gasteiger charge is 2.28. The van der Waals surface area contributed by atoms with Gasteiger partial charge in [0.05, 0.1) is 23.9 Å². The molecule has 3 rings (SSSR count). The Morgan fingerprint density at radius 3 is 3.23 bits per heavy atom. The van der Waals surface area contributed by atoms with Crippen LogP contribution in [-0.2, 0) is 11.8 Å². The van der Waals surface area contributed by atoms with Crippen LogP contribution < -0.4 is 5.32 Å². The Hall–Kier alpha value is -2.39. The molecule has 0 aromatic carbocycles. The summed E-state index contributed by atoms with van der Waals surface area (Å²) in [6.45, 7) is 1.56. The van der Waals surface area contributed by atoms with Crippen molar-refractivity contribution in [3.63, 3.8) is 0 Å². The van der Waals surface area contributed by atoms with E-state index in [-0.39, 0.29) is 6.10 Å². The molecule has 6 nitrogen and oxygen atoms in total. The summed E-state index contributed by atoms with van der Waals surface area (Å²) in [6.07, 6.45) is 7.76. The minimum Gasteiger partial charge on any atom is -0.373 e. The average molecular weight is 297 g/mol. The van der Waals surface area contributed by atoms with E-state index in [2.05, 4.69) is 21.5 Å². The Bertz CT molecular complexity index is 675. The normalized spacial score (nSPS) is 21.3. The van der Waals surface area contributed by atoms with Crippen molar-refractivity contribution in [1.82, 2.24) is 14.8 Å². The van der Waals surface area contributed by atoms with Crippen molar-refractivity contribution in [3.05, 3.63) is 41.9 Å². The zero-order valence-corrected chi connectivity index (χ0v) is 12.6. The van der Waals surface area contributed by atoms with Gasteiger partial charge < -0.3 is 10.1 Å². The largest absolute Gasteiger partial charge is 0.373 e. The minimum absolute atomic E-state index is 0.0640. The van der Waals surface area contributed by atoms with Crippen molar-refractivity contribution in [2.75, 3.05) is 18.5 Å². The van der Waals surface area contributed by atoms with Crippen molar-refractivity contribution >= 4 is 5.82 Å². The lowest BCUT2D eigenvalue weighted by Gasteiger charge is -2.31. The summed E-state index contributed by atoms with van der Waals surface area (Å²) in [7, 11) is 1.91. The van der Waals surface area contributed by atoms with Gasteiger partial charge in [0.1, 0.15) is 5.82 Å². The lowest BCUT2D eigenvalue weighted by Crippen LogP contribution is -2.28. The first-order valence-corrected chi connectivity index (χ1v) is 7.46. The van der Waals surface area contributed by atoms with Crippen molar-refractivity contribution in [1.29, 1.82) is 5.26 Å². The van der Waals surface area contributed by atoms with Crippen LogP contribution in [0.2, 0.25) is 0 Å². The zero-order chi connectivity index (χ0) is 15.4. The summed E-state index contributed by atoms with van der Waals surface area (Å²) < 4.78 is 7.76. The van der Waals surface area contributed by atoms with Gasteiger partial charge in [-0.25, -0.2) is 4.98 Å². The molecular formula is C16H19N5O. The number of rotatable bonds is 4. The summed E-state index contributed by atoms with van der Waals surface area (Å²) in [5.74, 6) is 1.10. The third-order valence-corrected chi connectivity index (χ3v) is 3.93. The van der Waals surface area contributed by atoms with Crippen LogP contribution in [0.3, 0.4) is 0 Å². The first-order valence-electron chi connectivity index (χ1n) is 7.46. The van der Waals surface area contributed by atoms with E-state index in [1.807, 2.05) is 19.4 Å². The van der Waals surface area contributed by atoms with Crippen LogP contribution in [0.4, 0.5) is 5.82 Å². The molecule has 2 aromatic rings. The average Bonchev–Trinajstić information content (AvgIpc) is 3.00. The molecule has 0 bridgehead atoms. The van der Waals surface area contributed by atoms with E-state index < -0.39 is 0 Å². The van der Waals surface area contributed by atoms with Crippen LogP contribution in [0, 0.1) is 17.2 Å². The molecule has 0 amide bonds. The van der Waals surface area contributed by atoms with E-state index in [4.69, 9.17) is 10.00 Å². The van der Waals surface area contributed by atoms with E-state index >= 15 is 0 Å². The molecule has 0 spiro atoms. The lowest BCUT2D eigenvalue weighted by molar-refractivity contribution is -0.0239. The molecule has 22 heavy (non-hydrogen) atoms. The lowest BCUT2D eigenvalue weighted by atomic mass is 9.91. The molecule has 114 valence electrons. The quantitative estimate of drug-likeness (QED) is 0.937. The predicted octanol–water partition coefficient (Wildman–Crippen LogP) is 2.27. The number of aromatic nitrogens is 3. The molecule has 1 N–H and O–H groups in total. The number of hydrogen-bond acceptors (Lipinski definition) is 5. The molecule has 1 aliphatic heterocycles. The minimum atomic E-state index is 0.0640. The van der Waals surface area contributed by atoms with Crippen LogP contribution in [0.1, 0.15) is 30.1 Å². The van der Waals surface area contributed by atoms with Gasteiger partial charge in [0.2, 0.25) is 0 Å². The van der Waals surface area contributed by atoms with Crippen LogP contribution in [0.25, 0.3) is 0 Å². The molecule has 0 unspecified atom stereocenters. The van der Waals surface area contributed by atoms with Crippen molar-refractivity contribution in [2.45, 2.75) is 18.9 Å². The molecule has 2 aromatic heterocycles. The molecule has 6 heteroatoms. The summed E-state index contributed by atoms with van der Waals surface area (Å²) in [6, 6.07) is 5.60. The number of nitrogens with one attached hydrogen (secondary N) is 1. The van der Waals surface area contributed by atoms with Crippen LogP contribution in [-0.4, -0.2) is 27.9 Å². The first kappa shape index (κ1) is 14.5. The van der Waals surface area contributed by atoms with Gasteiger partial charge in [-0.3, -0.25) is 4.68 Å². The van der Waals surface area contributed by atoms with Gasteiger partial charge in [0.15, 0.2) is 0 Å². The highest BCUT2D eigenvalue weighted by atomic mass is 16.5. The smallest absolute Gasteiger partial charge is 0.127 e. The van der Waals surface area contributed by atoms with Crippen LogP contribution in [0.15, 0.2) is 30.7 Å². The number of nitriles is 1. The molecule has 0 aliphatic carbocycles. The van der Waals surface area contributed by atoms with E-state index in [0.29, 0.717) is 11.5 Å². The van der Waals surface area contributed by atoms with Crippen LogP contribution >= 0.6 is 0 Å². The number of hydrogen-bond donors (Lipinski definition) is 1. The number of pyridine rings is 1. The Balaban J connectivity index is 1.68. The van der Waals surface area contributed by atoms with Crippen molar-refractivity contribution < 1.29 is 4.74 Å². The predicted molar refractivity (Wildman–Crippen MR) is 82.1 cm³/mol. The number of aryl methyl sites for hydroxylation is 1. The Morgan fingerprint density at radius 2 is 2.45 bits per heavy atom. The fraction of sp³-hybridized carbons (Fsp3) is 0.438. The van der Waals surface area contributed by atoms with Gasteiger partial charge in [-0.05, 0) is 25.0 Å². The third kappa shape index (κ3) is 3.26. The molecule has 2 atom stereocenters. The standard InChI is InChI=1S/C16H19N5O/c1-21-11-14(10-20-21)16-13(3-2-6-22-16)9-19-15-7-12(8-17)4-5-18-15/h4-5,7,10-11,13,16H,2-3,6,9H2,1H3,(H,18,19)/t13-,16+/m0/s1. The second-order valence-electron chi connectivity index (χ2n) is 5.56. The Morgan fingerprint density at radius 1 is 1.55 bits per heavy atom.